The van der Waals surface area contributed by atoms with Crippen LogP contribution in [-0.2, 0) is 4.79 Å². The number of nitrogens with zero attached hydrogens (tertiary/aromatic N) is 1. The van der Waals surface area contributed by atoms with Gasteiger partial charge in [-0.1, -0.05) is 34.8 Å². The van der Waals surface area contributed by atoms with Crippen molar-refractivity contribution in [3.05, 3.63) is 27.2 Å². The molecule has 5 nitrogen and oxygen atoms in total. The monoisotopic (exact) mass is 352 g/mol. The average molecular weight is 354 g/mol. The third-order valence-electron chi connectivity index (χ3n) is 2.60. The second-order valence-electron chi connectivity index (χ2n) is 5.33. The molecule has 2 amide bonds. The molecule has 8 heteroatoms. The maximum absolute atomic E-state index is 12.3. The van der Waals surface area contributed by atoms with Gasteiger partial charge < -0.3 is 15.3 Å². The molecule has 116 valence electrons. The number of aliphatic carboxylic acids is 1. The van der Waals surface area contributed by atoms with Crippen molar-refractivity contribution < 1.29 is 14.7 Å². The predicted molar refractivity (Wildman–Crippen MR) is 84.6 cm³/mol. The second kappa shape index (κ2) is 6.73. The number of carboxylic acid groups (broad SMARTS) is 1. The summed E-state index contributed by atoms with van der Waals surface area (Å²) in [4.78, 5) is 24.3. The first-order valence-electron chi connectivity index (χ1n) is 5.97. The average Bonchev–Trinajstić information content (AvgIpc) is 2.31. The quantitative estimate of drug-likeness (QED) is 0.793. The molecule has 0 heterocycles. The number of amides is 2. The SMILES string of the molecule is CC(C)(C)N(CC(=O)O)C(=O)Nc1cc(Cl)c(Cl)cc1Cl. The summed E-state index contributed by atoms with van der Waals surface area (Å²) < 4.78 is 0. The number of carbonyl (C=O) groups excluding carboxylic acids is 1. The van der Waals surface area contributed by atoms with Crippen LogP contribution in [0.2, 0.25) is 15.1 Å². The van der Waals surface area contributed by atoms with E-state index in [2.05, 4.69) is 5.32 Å². The van der Waals surface area contributed by atoms with E-state index in [1.165, 1.54) is 17.0 Å². The lowest BCUT2D eigenvalue weighted by Crippen LogP contribution is -2.50. The molecule has 1 rings (SSSR count). The Morgan fingerprint density at radius 1 is 1.14 bits per heavy atom. The van der Waals surface area contributed by atoms with Crippen molar-refractivity contribution in [2.24, 2.45) is 0 Å². The minimum Gasteiger partial charge on any atom is -0.480 e. The van der Waals surface area contributed by atoms with E-state index >= 15 is 0 Å². The van der Waals surface area contributed by atoms with Crippen LogP contribution < -0.4 is 5.32 Å². The first kappa shape index (κ1) is 17.9. The van der Waals surface area contributed by atoms with Crippen LogP contribution in [0.25, 0.3) is 0 Å². The van der Waals surface area contributed by atoms with Gasteiger partial charge in [-0.3, -0.25) is 4.79 Å². The largest absolute Gasteiger partial charge is 0.480 e. The molecule has 0 radical (unpaired) electrons. The number of hydrogen-bond acceptors (Lipinski definition) is 2. The number of anilines is 1. The number of urea groups is 1. The summed E-state index contributed by atoms with van der Waals surface area (Å²) >= 11 is 17.7. The normalized spacial score (nSPS) is 11.1. The van der Waals surface area contributed by atoms with Crippen LogP contribution in [0.5, 0.6) is 0 Å². The number of hydrogen-bond donors (Lipinski definition) is 2. The summed E-state index contributed by atoms with van der Waals surface area (Å²) in [6, 6.07) is 2.22. The second-order valence-corrected chi connectivity index (χ2v) is 6.55. The Kier molecular flexibility index (Phi) is 5.73. The summed E-state index contributed by atoms with van der Waals surface area (Å²) in [5.41, 5.74) is -0.416. The minimum atomic E-state index is -1.11. The van der Waals surface area contributed by atoms with Crippen molar-refractivity contribution in [3.8, 4) is 0 Å². The lowest BCUT2D eigenvalue weighted by Gasteiger charge is -2.34. The molecule has 1 aromatic rings. The van der Waals surface area contributed by atoms with Crippen molar-refractivity contribution >= 4 is 52.5 Å². The highest BCUT2D eigenvalue weighted by molar-refractivity contribution is 6.44. The van der Waals surface area contributed by atoms with Crippen molar-refractivity contribution in [2.45, 2.75) is 26.3 Å². The summed E-state index contributed by atoms with van der Waals surface area (Å²) in [7, 11) is 0. The molecule has 0 aliphatic carbocycles. The number of halogens is 3. The van der Waals surface area contributed by atoms with Crippen LogP contribution in [0, 0.1) is 0 Å². The van der Waals surface area contributed by atoms with Gasteiger partial charge in [0, 0.05) is 5.54 Å². The number of carboxylic acids is 1. The highest BCUT2D eigenvalue weighted by atomic mass is 35.5. The summed E-state index contributed by atoms with van der Waals surface area (Å²) in [6.45, 7) is 4.75. The molecule has 1 aromatic carbocycles. The molecule has 0 aromatic heterocycles. The molecule has 0 fully saturated rings. The van der Waals surface area contributed by atoms with E-state index in [1.54, 1.807) is 20.8 Å². The summed E-state index contributed by atoms with van der Waals surface area (Å²) in [5, 5.41) is 12.2. The van der Waals surface area contributed by atoms with Gasteiger partial charge in [-0.15, -0.1) is 0 Å². The number of rotatable bonds is 3. The fourth-order valence-corrected chi connectivity index (χ4v) is 2.14. The molecule has 0 bridgehead atoms. The van der Waals surface area contributed by atoms with Crippen molar-refractivity contribution in [1.29, 1.82) is 0 Å². The van der Waals surface area contributed by atoms with E-state index in [4.69, 9.17) is 39.9 Å². The molecule has 0 saturated carbocycles. The fraction of sp³-hybridized carbons (Fsp3) is 0.385. The Hall–Kier alpha value is -1.17. The van der Waals surface area contributed by atoms with Crippen molar-refractivity contribution in [2.75, 3.05) is 11.9 Å². The van der Waals surface area contributed by atoms with Gasteiger partial charge in [0.1, 0.15) is 6.54 Å². The Morgan fingerprint density at radius 2 is 1.67 bits per heavy atom. The van der Waals surface area contributed by atoms with E-state index < -0.39 is 24.1 Å². The van der Waals surface area contributed by atoms with Crippen molar-refractivity contribution in [3.63, 3.8) is 0 Å². The molecule has 0 unspecified atom stereocenters. The molecule has 0 aliphatic rings. The highest BCUT2D eigenvalue weighted by Gasteiger charge is 2.29. The Labute approximate surface area is 137 Å². The molecule has 21 heavy (non-hydrogen) atoms. The van der Waals surface area contributed by atoms with Gasteiger partial charge in [0.05, 0.1) is 20.8 Å². The smallest absolute Gasteiger partial charge is 0.323 e. The van der Waals surface area contributed by atoms with Gasteiger partial charge in [-0.05, 0) is 32.9 Å². The molecular formula is C13H15Cl3N2O3. The van der Waals surface area contributed by atoms with E-state index in [9.17, 15) is 9.59 Å². The molecule has 0 saturated heterocycles. The highest BCUT2D eigenvalue weighted by Crippen LogP contribution is 2.32. The van der Waals surface area contributed by atoms with Crippen molar-refractivity contribution in [1.82, 2.24) is 4.90 Å². The standard InChI is InChI=1S/C13H15Cl3N2O3/c1-13(2,3)18(6-11(19)20)12(21)17-10-5-8(15)7(14)4-9(10)16/h4-5H,6H2,1-3H3,(H,17,21)(H,19,20). The van der Waals surface area contributed by atoms with Gasteiger partial charge >= 0.3 is 12.0 Å². The zero-order chi connectivity index (χ0) is 16.4. The fourth-order valence-electron chi connectivity index (χ4n) is 1.55. The van der Waals surface area contributed by atoms with Crippen LogP contribution in [0.1, 0.15) is 20.8 Å². The van der Waals surface area contributed by atoms with Gasteiger partial charge in [0.15, 0.2) is 0 Å². The van der Waals surface area contributed by atoms with Crippen LogP contribution in [-0.4, -0.2) is 34.1 Å². The van der Waals surface area contributed by atoms with E-state index in [1.807, 2.05) is 0 Å². The van der Waals surface area contributed by atoms with E-state index in [0.29, 0.717) is 0 Å². The lowest BCUT2D eigenvalue weighted by molar-refractivity contribution is -0.138. The maximum atomic E-state index is 12.3. The van der Waals surface area contributed by atoms with Gasteiger partial charge in [0.2, 0.25) is 0 Å². The predicted octanol–water partition coefficient (Wildman–Crippen LogP) is 4.36. The summed E-state index contributed by atoms with van der Waals surface area (Å²) in [5.74, 6) is -1.11. The third-order valence-corrected chi connectivity index (χ3v) is 3.63. The van der Waals surface area contributed by atoms with Gasteiger partial charge in [-0.2, -0.15) is 0 Å². The lowest BCUT2D eigenvalue weighted by atomic mass is 10.1. The van der Waals surface area contributed by atoms with Crippen LogP contribution in [0.4, 0.5) is 10.5 Å². The third kappa shape index (κ3) is 4.95. The summed E-state index contributed by atoms with van der Waals surface area (Å²) in [6.07, 6.45) is 0. The topological polar surface area (TPSA) is 69.6 Å². The Morgan fingerprint density at radius 3 is 2.14 bits per heavy atom. The van der Waals surface area contributed by atoms with Crippen LogP contribution >= 0.6 is 34.8 Å². The Balaban J connectivity index is 3.02. The molecule has 0 aliphatic heterocycles. The molecule has 0 spiro atoms. The zero-order valence-electron chi connectivity index (χ0n) is 11.7. The minimum absolute atomic E-state index is 0.210. The van der Waals surface area contributed by atoms with E-state index in [-0.39, 0.29) is 20.8 Å². The first-order chi connectivity index (χ1) is 9.52. The molecule has 2 N–H and O–H groups in total. The van der Waals surface area contributed by atoms with Crippen LogP contribution in [0.3, 0.4) is 0 Å². The van der Waals surface area contributed by atoms with Gasteiger partial charge in [0.25, 0.3) is 0 Å². The molecule has 0 atom stereocenters. The first-order valence-corrected chi connectivity index (χ1v) is 7.10. The number of nitrogens with one attached hydrogen (secondary N) is 1. The van der Waals surface area contributed by atoms with Crippen LogP contribution in [0.15, 0.2) is 12.1 Å². The zero-order valence-corrected chi connectivity index (χ0v) is 14.0. The Bertz CT molecular complexity index is 571. The van der Waals surface area contributed by atoms with E-state index in [0.717, 1.165) is 0 Å². The number of benzene rings is 1. The maximum Gasteiger partial charge on any atom is 0.323 e. The number of carbonyl (C=O) groups is 2. The van der Waals surface area contributed by atoms with Gasteiger partial charge in [-0.25, -0.2) is 4.79 Å². The molecular weight excluding hydrogens is 339 g/mol.